The fraction of sp³-hybridized carbons (Fsp3) is 0.211. The molecule has 0 radical (unpaired) electrons. The summed E-state index contributed by atoms with van der Waals surface area (Å²) in [5.41, 5.74) is 3.81. The van der Waals surface area contributed by atoms with Gasteiger partial charge in [0.1, 0.15) is 0 Å². The molecule has 0 aliphatic rings. The number of nitrogens with one attached hydrogen (secondary N) is 1. The van der Waals surface area contributed by atoms with E-state index in [9.17, 15) is 4.79 Å². The molecule has 0 bridgehead atoms. The normalized spacial score (nSPS) is 12.4. The zero-order valence-electron chi connectivity index (χ0n) is 14.6. The highest BCUT2D eigenvalue weighted by Gasteiger charge is 2.17. The van der Waals surface area contributed by atoms with E-state index in [0.29, 0.717) is 0 Å². The van der Waals surface area contributed by atoms with Crippen molar-refractivity contribution < 1.29 is 4.79 Å². The van der Waals surface area contributed by atoms with Crippen LogP contribution in [-0.4, -0.2) is 25.1 Å². The minimum Gasteiger partial charge on any atom is -0.349 e. The number of imidazole rings is 1. The van der Waals surface area contributed by atoms with Gasteiger partial charge in [0, 0.05) is 29.0 Å². The molecule has 26 heavy (non-hydrogen) atoms. The number of para-hydroxylation sites is 1. The third-order valence-electron chi connectivity index (χ3n) is 4.38. The Morgan fingerprint density at radius 1 is 1.31 bits per heavy atom. The Balaban J connectivity index is 1.46. The number of hydrogen-bond donors (Lipinski definition) is 1. The van der Waals surface area contributed by atoms with E-state index < -0.39 is 0 Å². The molecule has 1 atom stereocenters. The van der Waals surface area contributed by atoms with Crippen LogP contribution in [0, 0.1) is 6.92 Å². The molecule has 0 spiro atoms. The third-order valence-corrected chi connectivity index (χ3v) is 5.15. The summed E-state index contributed by atoms with van der Waals surface area (Å²) in [7, 11) is 0. The summed E-state index contributed by atoms with van der Waals surface area (Å²) in [6.45, 7) is 3.99. The van der Waals surface area contributed by atoms with Crippen molar-refractivity contribution >= 4 is 22.2 Å². The Morgan fingerprint density at radius 2 is 2.12 bits per heavy atom. The predicted octanol–water partition coefficient (Wildman–Crippen LogP) is 3.31. The van der Waals surface area contributed by atoms with Gasteiger partial charge in [-0.3, -0.25) is 9.20 Å². The number of fused-ring (bicyclic) bond motifs is 1. The maximum absolute atomic E-state index is 12.4. The first kappa shape index (κ1) is 16.5. The maximum Gasteiger partial charge on any atom is 0.226 e. The van der Waals surface area contributed by atoms with Crippen molar-refractivity contribution in [1.82, 2.24) is 24.5 Å². The number of rotatable bonds is 5. The van der Waals surface area contributed by atoms with Crippen molar-refractivity contribution in [2.75, 3.05) is 0 Å². The molecule has 1 aromatic carbocycles. The fourth-order valence-corrected chi connectivity index (χ4v) is 3.79. The predicted molar refractivity (Wildman–Crippen MR) is 102 cm³/mol. The summed E-state index contributed by atoms with van der Waals surface area (Å²) >= 11 is 1.56. The summed E-state index contributed by atoms with van der Waals surface area (Å²) < 4.78 is 3.83. The number of benzene rings is 1. The molecule has 1 N–H and O–H groups in total. The minimum atomic E-state index is -0.122. The molecule has 7 heteroatoms. The number of carbonyl (C=O) groups is 1. The SMILES string of the molecule is Cc1c(C(C)NC(=O)Cc2cn3ccsc3n2)cnn1-c1ccccc1. The Hall–Kier alpha value is -2.93. The molecule has 132 valence electrons. The molecule has 0 aliphatic heterocycles. The zero-order valence-corrected chi connectivity index (χ0v) is 15.4. The first-order chi connectivity index (χ1) is 12.6. The van der Waals surface area contributed by atoms with Gasteiger partial charge in [0.05, 0.1) is 30.0 Å². The average Bonchev–Trinajstić information content (AvgIpc) is 3.30. The van der Waals surface area contributed by atoms with Crippen molar-refractivity contribution in [1.29, 1.82) is 0 Å². The summed E-state index contributed by atoms with van der Waals surface area (Å²) in [4.78, 5) is 17.8. The molecule has 4 rings (SSSR count). The van der Waals surface area contributed by atoms with Gasteiger partial charge in [-0.15, -0.1) is 11.3 Å². The summed E-state index contributed by atoms with van der Waals surface area (Å²) in [6.07, 6.45) is 5.93. The smallest absolute Gasteiger partial charge is 0.226 e. The minimum absolute atomic E-state index is 0.0462. The Labute approximate surface area is 155 Å². The van der Waals surface area contributed by atoms with Crippen LogP contribution < -0.4 is 5.32 Å². The lowest BCUT2D eigenvalue weighted by Crippen LogP contribution is -2.28. The van der Waals surface area contributed by atoms with Gasteiger partial charge in [-0.05, 0) is 26.0 Å². The first-order valence-corrected chi connectivity index (χ1v) is 9.30. The van der Waals surface area contributed by atoms with Crippen LogP contribution in [0.2, 0.25) is 0 Å². The second-order valence-corrected chi connectivity index (χ2v) is 7.10. The number of carbonyl (C=O) groups excluding carboxylic acids is 1. The Kier molecular flexibility index (Phi) is 4.30. The van der Waals surface area contributed by atoms with Crippen LogP contribution in [0.4, 0.5) is 0 Å². The topological polar surface area (TPSA) is 64.2 Å². The number of hydrogen-bond acceptors (Lipinski definition) is 4. The molecule has 6 nitrogen and oxygen atoms in total. The second-order valence-electron chi connectivity index (χ2n) is 6.22. The number of aromatic nitrogens is 4. The monoisotopic (exact) mass is 365 g/mol. The lowest BCUT2D eigenvalue weighted by molar-refractivity contribution is -0.121. The van der Waals surface area contributed by atoms with Crippen LogP contribution in [0.1, 0.15) is 29.9 Å². The molecule has 3 heterocycles. The molecule has 0 aliphatic carbocycles. The maximum atomic E-state index is 12.4. The fourth-order valence-electron chi connectivity index (χ4n) is 3.07. The van der Waals surface area contributed by atoms with Gasteiger partial charge in [-0.25, -0.2) is 9.67 Å². The van der Waals surface area contributed by atoms with E-state index in [1.54, 1.807) is 11.3 Å². The van der Waals surface area contributed by atoms with Crippen molar-refractivity contribution in [2.24, 2.45) is 0 Å². The van der Waals surface area contributed by atoms with E-state index in [0.717, 1.165) is 27.6 Å². The van der Waals surface area contributed by atoms with Gasteiger partial charge in [0.25, 0.3) is 0 Å². The van der Waals surface area contributed by atoms with E-state index in [4.69, 9.17) is 0 Å². The molecule has 1 unspecified atom stereocenters. The highest BCUT2D eigenvalue weighted by Crippen LogP contribution is 2.20. The zero-order chi connectivity index (χ0) is 18.1. The van der Waals surface area contributed by atoms with E-state index >= 15 is 0 Å². The number of thiazole rings is 1. The highest BCUT2D eigenvalue weighted by atomic mass is 32.1. The quantitative estimate of drug-likeness (QED) is 0.590. The van der Waals surface area contributed by atoms with E-state index in [-0.39, 0.29) is 18.4 Å². The molecule has 3 aromatic heterocycles. The van der Waals surface area contributed by atoms with Crippen molar-refractivity contribution in [3.05, 3.63) is 71.3 Å². The first-order valence-electron chi connectivity index (χ1n) is 8.42. The van der Waals surface area contributed by atoms with Gasteiger partial charge >= 0.3 is 0 Å². The Bertz CT molecular complexity index is 1020. The van der Waals surface area contributed by atoms with E-state index in [1.807, 2.05) is 77.2 Å². The standard InChI is InChI=1S/C19H19N5OS/c1-13(17-11-20-24(14(17)2)16-6-4-3-5-7-16)21-18(25)10-15-12-23-8-9-26-19(23)22-15/h3-9,11-13H,10H2,1-2H3,(H,21,25). The van der Waals surface area contributed by atoms with Gasteiger partial charge in [0.15, 0.2) is 4.96 Å². The van der Waals surface area contributed by atoms with Gasteiger partial charge in [-0.1, -0.05) is 18.2 Å². The van der Waals surface area contributed by atoms with Crippen LogP contribution in [-0.2, 0) is 11.2 Å². The lowest BCUT2D eigenvalue weighted by atomic mass is 10.1. The number of nitrogens with zero attached hydrogens (tertiary/aromatic N) is 4. The molecule has 0 saturated heterocycles. The molecule has 0 fully saturated rings. The molecule has 1 amide bonds. The Morgan fingerprint density at radius 3 is 2.88 bits per heavy atom. The highest BCUT2D eigenvalue weighted by molar-refractivity contribution is 7.15. The molecule has 0 saturated carbocycles. The van der Waals surface area contributed by atoms with Crippen LogP contribution in [0.25, 0.3) is 10.6 Å². The van der Waals surface area contributed by atoms with Gasteiger partial charge in [0.2, 0.25) is 5.91 Å². The van der Waals surface area contributed by atoms with E-state index in [2.05, 4.69) is 15.4 Å². The molecular weight excluding hydrogens is 346 g/mol. The van der Waals surface area contributed by atoms with Crippen molar-refractivity contribution in [3.8, 4) is 5.69 Å². The summed E-state index contributed by atoms with van der Waals surface area (Å²) in [5.74, 6) is -0.0462. The van der Waals surface area contributed by atoms with Gasteiger partial charge < -0.3 is 5.32 Å². The summed E-state index contributed by atoms with van der Waals surface area (Å²) in [6, 6.07) is 9.85. The van der Waals surface area contributed by atoms with E-state index in [1.165, 1.54) is 0 Å². The van der Waals surface area contributed by atoms with Crippen LogP contribution in [0.5, 0.6) is 0 Å². The van der Waals surface area contributed by atoms with Crippen molar-refractivity contribution in [3.63, 3.8) is 0 Å². The molecular formula is C19H19N5OS. The van der Waals surface area contributed by atoms with Crippen LogP contribution >= 0.6 is 11.3 Å². The lowest BCUT2D eigenvalue weighted by Gasteiger charge is -2.14. The molecule has 4 aromatic rings. The second kappa shape index (κ2) is 6.76. The van der Waals surface area contributed by atoms with Crippen molar-refractivity contribution in [2.45, 2.75) is 26.3 Å². The van der Waals surface area contributed by atoms with Crippen LogP contribution in [0.3, 0.4) is 0 Å². The number of amides is 1. The average molecular weight is 365 g/mol. The summed E-state index contributed by atoms with van der Waals surface area (Å²) in [5, 5.41) is 9.49. The largest absolute Gasteiger partial charge is 0.349 e. The third kappa shape index (κ3) is 3.13. The van der Waals surface area contributed by atoms with Gasteiger partial charge in [-0.2, -0.15) is 5.10 Å². The van der Waals surface area contributed by atoms with Crippen LogP contribution in [0.15, 0.2) is 54.3 Å².